The Balaban J connectivity index is 1.78. The van der Waals surface area contributed by atoms with Gasteiger partial charge in [0, 0.05) is 24.0 Å². The van der Waals surface area contributed by atoms with E-state index in [4.69, 9.17) is 9.72 Å². The zero-order valence-electron chi connectivity index (χ0n) is 17.1. The molecule has 4 aromatic rings. The Labute approximate surface area is 171 Å². The summed E-state index contributed by atoms with van der Waals surface area (Å²) < 4.78 is 5.36. The monoisotopic (exact) mass is 382 g/mol. The number of pyridine rings is 1. The largest absolute Gasteiger partial charge is 0.497 e. The van der Waals surface area contributed by atoms with Gasteiger partial charge in [0.1, 0.15) is 5.75 Å². The van der Waals surface area contributed by atoms with Crippen molar-refractivity contribution in [3.05, 3.63) is 71.8 Å². The van der Waals surface area contributed by atoms with Gasteiger partial charge in [0.05, 0.1) is 18.3 Å². The molecule has 1 aromatic heterocycles. The maximum absolute atomic E-state index is 5.36. The number of nitrogens with zero attached hydrogens (tertiary/aromatic N) is 2. The molecule has 5 rings (SSSR count). The average molecular weight is 383 g/mol. The molecule has 0 amide bonds. The SMILES string of the molecule is CCCN1CCc2c(c(-c3ccc(OC)cc3)nc3ccc4ccccc4c23)C1. The number of hydrogen-bond donors (Lipinski definition) is 0. The van der Waals surface area contributed by atoms with Crippen LogP contribution in [0.2, 0.25) is 0 Å². The summed E-state index contributed by atoms with van der Waals surface area (Å²) in [5.41, 5.74) is 6.24. The van der Waals surface area contributed by atoms with Crippen LogP contribution >= 0.6 is 0 Å². The lowest BCUT2D eigenvalue weighted by Crippen LogP contribution is -2.32. The van der Waals surface area contributed by atoms with Crippen LogP contribution in [0, 0.1) is 0 Å². The van der Waals surface area contributed by atoms with Gasteiger partial charge in [-0.15, -0.1) is 0 Å². The van der Waals surface area contributed by atoms with Gasteiger partial charge in [-0.05, 0) is 71.6 Å². The molecule has 0 radical (unpaired) electrons. The fraction of sp³-hybridized carbons (Fsp3) is 0.269. The average Bonchev–Trinajstić information content (AvgIpc) is 2.78. The van der Waals surface area contributed by atoms with E-state index in [9.17, 15) is 0 Å². The molecule has 0 saturated heterocycles. The molecule has 0 N–H and O–H groups in total. The third-order valence-corrected chi connectivity index (χ3v) is 6.05. The summed E-state index contributed by atoms with van der Waals surface area (Å²) in [6, 6.07) is 21.4. The fourth-order valence-corrected chi connectivity index (χ4v) is 4.67. The molecule has 146 valence electrons. The number of ether oxygens (including phenoxy) is 1. The van der Waals surface area contributed by atoms with Crippen LogP contribution in [0.4, 0.5) is 0 Å². The second kappa shape index (κ2) is 7.49. The van der Waals surface area contributed by atoms with Crippen LogP contribution < -0.4 is 4.74 Å². The first-order valence-corrected chi connectivity index (χ1v) is 10.5. The molecule has 0 unspecified atom stereocenters. The van der Waals surface area contributed by atoms with E-state index in [0.717, 1.165) is 48.6 Å². The van der Waals surface area contributed by atoms with Gasteiger partial charge in [-0.25, -0.2) is 4.98 Å². The molecule has 3 nitrogen and oxygen atoms in total. The number of aromatic nitrogens is 1. The van der Waals surface area contributed by atoms with Crippen molar-refractivity contribution in [3.63, 3.8) is 0 Å². The lowest BCUT2D eigenvalue weighted by molar-refractivity contribution is 0.255. The smallest absolute Gasteiger partial charge is 0.118 e. The summed E-state index contributed by atoms with van der Waals surface area (Å²) in [7, 11) is 1.71. The third kappa shape index (κ3) is 3.16. The first-order valence-electron chi connectivity index (χ1n) is 10.5. The molecule has 0 saturated carbocycles. The number of hydrogen-bond acceptors (Lipinski definition) is 3. The molecular weight excluding hydrogens is 356 g/mol. The molecule has 0 bridgehead atoms. The van der Waals surface area contributed by atoms with Gasteiger partial charge in [-0.1, -0.05) is 37.3 Å². The second-order valence-corrected chi connectivity index (χ2v) is 7.85. The van der Waals surface area contributed by atoms with Crippen LogP contribution in [0.1, 0.15) is 24.5 Å². The Hall–Kier alpha value is -2.91. The summed E-state index contributed by atoms with van der Waals surface area (Å²) in [4.78, 5) is 7.75. The molecular formula is C26H26N2O. The minimum absolute atomic E-state index is 0.877. The zero-order chi connectivity index (χ0) is 19.8. The predicted molar refractivity (Wildman–Crippen MR) is 121 cm³/mol. The van der Waals surface area contributed by atoms with Crippen molar-refractivity contribution in [1.29, 1.82) is 0 Å². The molecule has 29 heavy (non-hydrogen) atoms. The van der Waals surface area contributed by atoms with Gasteiger partial charge < -0.3 is 4.74 Å². The highest BCUT2D eigenvalue weighted by atomic mass is 16.5. The fourth-order valence-electron chi connectivity index (χ4n) is 4.67. The Morgan fingerprint density at radius 3 is 2.59 bits per heavy atom. The Morgan fingerprint density at radius 1 is 0.966 bits per heavy atom. The van der Waals surface area contributed by atoms with E-state index in [-0.39, 0.29) is 0 Å². The maximum Gasteiger partial charge on any atom is 0.118 e. The lowest BCUT2D eigenvalue weighted by atomic mass is 9.89. The first kappa shape index (κ1) is 18.1. The van der Waals surface area contributed by atoms with E-state index < -0.39 is 0 Å². The van der Waals surface area contributed by atoms with Gasteiger partial charge >= 0.3 is 0 Å². The Morgan fingerprint density at radius 2 is 1.79 bits per heavy atom. The summed E-state index contributed by atoms with van der Waals surface area (Å²) in [5.74, 6) is 0.877. The van der Waals surface area contributed by atoms with Crippen LogP contribution in [0.3, 0.4) is 0 Å². The quantitative estimate of drug-likeness (QED) is 0.415. The Kier molecular flexibility index (Phi) is 4.69. The number of methoxy groups -OCH3 is 1. The normalized spacial score (nSPS) is 14.3. The van der Waals surface area contributed by atoms with Crippen molar-refractivity contribution in [2.45, 2.75) is 26.3 Å². The minimum Gasteiger partial charge on any atom is -0.497 e. The van der Waals surface area contributed by atoms with Crippen molar-refractivity contribution in [1.82, 2.24) is 9.88 Å². The number of fused-ring (bicyclic) bond motifs is 5. The van der Waals surface area contributed by atoms with Crippen LogP contribution in [-0.2, 0) is 13.0 Å². The van der Waals surface area contributed by atoms with Gasteiger partial charge in [0.2, 0.25) is 0 Å². The second-order valence-electron chi connectivity index (χ2n) is 7.85. The van der Waals surface area contributed by atoms with Crippen LogP contribution in [-0.4, -0.2) is 30.1 Å². The highest BCUT2D eigenvalue weighted by Crippen LogP contribution is 2.37. The van der Waals surface area contributed by atoms with E-state index in [1.54, 1.807) is 7.11 Å². The van der Waals surface area contributed by atoms with Gasteiger partial charge in [-0.2, -0.15) is 0 Å². The van der Waals surface area contributed by atoms with Crippen LogP contribution in [0.25, 0.3) is 32.9 Å². The molecule has 3 heteroatoms. The van der Waals surface area contributed by atoms with Crippen LogP contribution in [0.15, 0.2) is 60.7 Å². The zero-order valence-corrected chi connectivity index (χ0v) is 17.1. The first-order chi connectivity index (χ1) is 14.3. The molecule has 0 aliphatic carbocycles. The highest BCUT2D eigenvalue weighted by molar-refractivity contribution is 6.09. The van der Waals surface area contributed by atoms with E-state index in [1.807, 2.05) is 12.1 Å². The van der Waals surface area contributed by atoms with Gasteiger partial charge in [-0.3, -0.25) is 4.90 Å². The van der Waals surface area contributed by atoms with Crippen molar-refractivity contribution < 1.29 is 4.74 Å². The van der Waals surface area contributed by atoms with Crippen molar-refractivity contribution in [3.8, 4) is 17.0 Å². The molecule has 0 spiro atoms. The number of benzene rings is 3. The van der Waals surface area contributed by atoms with E-state index in [0.29, 0.717) is 0 Å². The molecule has 1 aliphatic rings. The van der Waals surface area contributed by atoms with Gasteiger partial charge in [0.15, 0.2) is 0 Å². The lowest BCUT2D eigenvalue weighted by Gasteiger charge is -2.31. The summed E-state index contributed by atoms with van der Waals surface area (Å²) in [5, 5.41) is 3.95. The summed E-state index contributed by atoms with van der Waals surface area (Å²) in [6.07, 6.45) is 2.25. The topological polar surface area (TPSA) is 25.4 Å². The highest BCUT2D eigenvalue weighted by Gasteiger charge is 2.24. The van der Waals surface area contributed by atoms with Crippen molar-refractivity contribution >= 4 is 21.7 Å². The molecule has 2 heterocycles. The van der Waals surface area contributed by atoms with Crippen molar-refractivity contribution in [2.75, 3.05) is 20.2 Å². The maximum atomic E-state index is 5.36. The van der Waals surface area contributed by atoms with Gasteiger partial charge in [0.25, 0.3) is 0 Å². The standard InChI is InChI=1S/C26H26N2O/c1-3-15-28-16-14-22-23(17-28)26(19-8-11-20(29-2)12-9-19)27-24-13-10-18-6-4-5-7-21(18)25(22)24/h4-13H,3,14-17H2,1-2H3. The molecule has 0 atom stereocenters. The van der Waals surface area contributed by atoms with E-state index >= 15 is 0 Å². The van der Waals surface area contributed by atoms with E-state index in [1.165, 1.54) is 33.7 Å². The molecule has 1 aliphatic heterocycles. The van der Waals surface area contributed by atoms with Crippen molar-refractivity contribution in [2.24, 2.45) is 0 Å². The summed E-state index contributed by atoms with van der Waals surface area (Å²) >= 11 is 0. The van der Waals surface area contributed by atoms with E-state index in [2.05, 4.69) is 60.4 Å². The summed E-state index contributed by atoms with van der Waals surface area (Å²) in [6.45, 7) is 5.48. The minimum atomic E-state index is 0.877. The Bertz CT molecular complexity index is 1180. The van der Waals surface area contributed by atoms with Crippen LogP contribution in [0.5, 0.6) is 5.75 Å². The molecule has 0 fully saturated rings. The molecule has 3 aromatic carbocycles. The number of rotatable bonds is 4. The third-order valence-electron chi connectivity index (χ3n) is 6.05. The predicted octanol–water partition coefficient (Wildman–Crippen LogP) is 5.83.